The molecule has 0 saturated heterocycles. The van der Waals surface area contributed by atoms with Crippen molar-refractivity contribution < 1.29 is 9.90 Å². The van der Waals surface area contributed by atoms with Crippen molar-refractivity contribution in [3.8, 4) is 0 Å². The van der Waals surface area contributed by atoms with Gasteiger partial charge >= 0.3 is 5.97 Å². The van der Waals surface area contributed by atoms with E-state index in [4.69, 9.17) is 5.11 Å². The summed E-state index contributed by atoms with van der Waals surface area (Å²) in [5, 5.41) is 9.00. The van der Waals surface area contributed by atoms with Crippen molar-refractivity contribution in [2.45, 2.75) is 12.8 Å². The minimum absolute atomic E-state index is 0.379. The Morgan fingerprint density at radius 1 is 1.40 bits per heavy atom. The fraction of sp³-hybridized carbons (Fsp3) is 0.417. The summed E-state index contributed by atoms with van der Waals surface area (Å²) in [5.74, 6) is -0.886. The Balaban J connectivity index is 4.79. The van der Waals surface area contributed by atoms with Crippen LogP contribution in [0.2, 0.25) is 0 Å². The monoisotopic (exact) mass is 209 g/mol. The van der Waals surface area contributed by atoms with Gasteiger partial charge in [-0.2, -0.15) is 0 Å². The van der Waals surface area contributed by atoms with Gasteiger partial charge in [0.15, 0.2) is 0 Å². The highest BCUT2D eigenvalue weighted by atomic mass is 16.4. The van der Waals surface area contributed by atoms with E-state index < -0.39 is 5.97 Å². The molecule has 1 N–H and O–H groups in total. The van der Waals surface area contributed by atoms with Gasteiger partial charge < -0.3 is 10.0 Å². The summed E-state index contributed by atoms with van der Waals surface area (Å²) in [5.41, 5.74) is 1.18. The van der Waals surface area contributed by atoms with Crippen LogP contribution in [0.1, 0.15) is 12.8 Å². The maximum Gasteiger partial charge on any atom is 0.332 e. The number of aliphatic carboxylic acids is 1. The van der Waals surface area contributed by atoms with E-state index >= 15 is 0 Å². The Morgan fingerprint density at radius 3 is 2.33 bits per heavy atom. The van der Waals surface area contributed by atoms with Crippen LogP contribution in [0, 0.1) is 0 Å². The maximum atomic E-state index is 11.0. The predicted octanol–water partition coefficient (Wildman–Crippen LogP) is 2.08. The molecule has 84 valence electrons. The second kappa shape index (κ2) is 7.01. The number of carbonyl (C=O) groups is 1. The molecule has 3 heteroatoms. The molecule has 0 aliphatic heterocycles. The molecule has 0 radical (unpaired) electrons. The molecule has 3 nitrogen and oxygen atoms in total. The average Bonchev–Trinajstić information content (AvgIpc) is 2.16. The topological polar surface area (TPSA) is 40.5 Å². The first-order chi connectivity index (χ1) is 7.02. The molecule has 0 fully saturated rings. The molecule has 0 aromatic heterocycles. The molecule has 0 aliphatic carbocycles. The summed E-state index contributed by atoms with van der Waals surface area (Å²) in [6.45, 7) is 8.02. The highest BCUT2D eigenvalue weighted by molar-refractivity contribution is 5.88. The van der Waals surface area contributed by atoms with E-state index in [1.54, 1.807) is 12.2 Å². The fourth-order valence-corrected chi connectivity index (χ4v) is 1.22. The SMILES string of the molecule is C=CCC(C(=O)O)=C(C=C)CCN(C)C. The molecule has 0 unspecified atom stereocenters. The van der Waals surface area contributed by atoms with E-state index in [2.05, 4.69) is 13.2 Å². The Morgan fingerprint density at radius 2 is 2.00 bits per heavy atom. The fourth-order valence-electron chi connectivity index (χ4n) is 1.22. The van der Waals surface area contributed by atoms with Gasteiger partial charge in [-0.15, -0.1) is 6.58 Å². The maximum absolute atomic E-state index is 11.0. The Hall–Kier alpha value is -1.35. The molecule has 0 atom stereocenters. The third-order valence-electron chi connectivity index (χ3n) is 2.07. The van der Waals surface area contributed by atoms with Crippen LogP contribution in [-0.4, -0.2) is 36.6 Å². The molecule has 0 spiro atoms. The quantitative estimate of drug-likeness (QED) is 0.396. The van der Waals surface area contributed by atoms with Crippen LogP contribution in [-0.2, 0) is 4.79 Å². The van der Waals surface area contributed by atoms with Gasteiger partial charge in [-0.3, -0.25) is 0 Å². The van der Waals surface area contributed by atoms with Crippen LogP contribution in [0.5, 0.6) is 0 Å². The summed E-state index contributed by atoms with van der Waals surface area (Å²) in [6, 6.07) is 0. The van der Waals surface area contributed by atoms with E-state index in [9.17, 15) is 4.79 Å². The van der Waals surface area contributed by atoms with E-state index in [1.807, 2.05) is 19.0 Å². The largest absolute Gasteiger partial charge is 0.478 e. The van der Waals surface area contributed by atoms with E-state index in [-0.39, 0.29) is 0 Å². The van der Waals surface area contributed by atoms with Crippen LogP contribution >= 0.6 is 0 Å². The minimum atomic E-state index is -0.886. The minimum Gasteiger partial charge on any atom is -0.478 e. The summed E-state index contributed by atoms with van der Waals surface area (Å²) in [6.07, 6.45) is 4.30. The number of nitrogens with zero attached hydrogens (tertiary/aromatic N) is 1. The van der Waals surface area contributed by atoms with Crippen molar-refractivity contribution in [2.24, 2.45) is 0 Å². The van der Waals surface area contributed by atoms with E-state index in [0.29, 0.717) is 18.4 Å². The normalized spacial score (nSPS) is 12.2. The lowest BCUT2D eigenvalue weighted by molar-refractivity contribution is -0.132. The highest BCUT2D eigenvalue weighted by Crippen LogP contribution is 2.15. The summed E-state index contributed by atoms with van der Waals surface area (Å²) < 4.78 is 0. The van der Waals surface area contributed by atoms with Crippen molar-refractivity contribution >= 4 is 5.97 Å². The average molecular weight is 209 g/mol. The van der Waals surface area contributed by atoms with Crippen LogP contribution in [0.4, 0.5) is 0 Å². The summed E-state index contributed by atoms with van der Waals surface area (Å²) in [4.78, 5) is 13.0. The molecular weight excluding hydrogens is 190 g/mol. The third-order valence-corrected chi connectivity index (χ3v) is 2.07. The van der Waals surface area contributed by atoms with Crippen molar-refractivity contribution in [3.05, 3.63) is 36.5 Å². The summed E-state index contributed by atoms with van der Waals surface area (Å²) >= 11 is 0. The highest BCUT2D eigenvalue weighted by Gasteiger charge is 2.10. The number of hydrogen-bond acceptors (Lipinski definition) is 2. The Kier molecular flexibility index (Phi) is 6.38. The van der Waals surface area contributed by atoms with Crippen LogP contribution in [0.25, 0.3) is 0 Å². The first kappa shape index (κ1) is 13.7. The van der Waals surface area contributed by atoms with Crippen molar-refractivity contribution in [3.63, 3.8) is 0 Å². The Bertz CT molecular complexity index is 277. The smallest absolute Gasteiger partial charge is 0.332 e. The number of hydrogen-bond donors (Lipinski definition) is 1. The molecular formula is C12H19NO2. The van der Waals surface area contributed by atoms with Gasteiger partial charge in [-0.05, 0) is 32.5 Å². The van der Waals surface area contributed by atoms with Crippen molar-refractivity contribution in [1.82, 2.24) is 4.90 Å². The standard InChI is InChI=1S/C12H19NO2/c1-5-7-11(12(14)15)10(6-2)8-9-13(3)4/h5-6H,1-2,7-9H2,3-4H3,(H,14,15). The molecule has 0 saturated carbocycles. The second-order valence-electron chi connectivity index (χ2n) is 3.56. The lowest BCUT2D eigenvalue weighted by Gasteiger charge is -2.11. The zero-order chi connectivity index (χ0) is 11.8. The van der Waals surface area contributed by atoms with Crippen LogP contribution < -0.4 is 0 Å². The third kappa shape index (κ3) is 5.18. The van der Waals surface area contributed by atoms with Gasteiger partial charge in [0.25, 0.3) is 0 Å². The predicted molar refractivity (Wildman–Crippen MR) is 62.8 cm³/mol. The van der Waals surface area contributed by atoms with Gasteiger partial charge in [0, 0.05) is 12.1 Å². The van der Waals surface area contributed by atoms with E-state index in [1.165, 1.54) is 0 Å². The van der Waals surface area contributed by atoms with E-state index in [0.717, 1.165) is 12.1 Å². The molecule has 0 aliphatic rings. The molecule has 15 heavy (non-hydrogen) atoms. The van der Waals surface area contributed by atoms with Gasteiger partial charge in [-0.1, -0.05) is 18.7 Å². The summed E-state index contributed by atoms with van der Waals surface area (Å²) in [7, 11) is 3.91. The van der Waals surface area contributed by atoms with Gasteiger partial charge in [-0.25, -0.2) is 4.79 Å². The number of carboxylic acid groups (broad SMARTS) is 1. The molecule has 0 amide bonds. The van der Waals surface area contributed by atoms with Gasteiger partial charge in [0.05, 0.1) is 0 Å². The van der Waals surface area contributed by atoms with Crippen LogP contribution in [0.15, 0.2) is 36.5 Å². The number of carboxylic acids is 1. The second-order valence-corrected chi connectivity index (χ2v) is 3.56. The Labute approximate surface area is 91.4 Å². The molecule has 0 heterocycles. The van der Waals surface area contributed by atoms with Crippen LogP contribution in [0.3, 0.4) is 0 Å². The lowest BCUT2D eigenvalue weighted by atomic mass is 10.0. The molecule has 0 rings (SSSR count). The number of allylic oxidation sites excluding steroid dienone is 2. The van der Waals surface area contributed by atoms with Crippen molar-refractivity contribution in [2.75, 3.05) is 20.6 Å². The van der Waals surface area contributed by atoms with Crippen molar-refractivity contribution in [1.29, 1.82) is 0 Å². The zero-order valence-corrected chi connectivity index (χ0v) is 9.49. The molecule has 0 aromatic carbocycles. The van der Waals surface area contributed by atoms with Gasteiger partial charge in [0.2, 0.25) is 0 Å². The zero-order valence-electron chi connectivity index (χ0n) is 9.49. The first-order valence-electron chi connectivity index (χ1n) is 4.86. The van der Waals surface area contributed by atoms with Gasteiger partial charge in [0.1, 0.15) is 0 Å². The molecule has 0 aromatic rings. The lowest BCUT2D eigenvalue weighted by Crippen LogP contribution is -2.14. The first-order valence-corrected chi connectivity index (χ1v) is 4.86. The molecule has 0 bridgehead atoms. The number of rotatable bonds is 7.